The van der Waals surface area contributed by atoms with Gasteiger partial charge < -0.3 is 10.1 Å². The number of para-hydroxylation sites is 1. The van der Waals surface area contributed by atoms with Crippen LogP contribution in [0, 0.1) is 12.8 Å². The Kier molecular flexibility index (Phi) is 4.38. The smallest absolute Gasteiger partial charge is 0.0936 e. The van der Waals surface area contributed by atoms with Crippen molar-refractivity contribution in [3.05, 3.63) is 36.0 Å². The number of methoxy groups -OCH3 is 1. The van der Waals surface area contributed by atoms with Crippen molar-refractivity contribution in [1.29, 1.82) is 0 Å². The molecule has 0 aliphatic carbocycles. The van der Waals surface area contributed by atoms with Gasteiger partial charge in [-0.25, -0.2) is 0 Å². The Morgan fingerprint density at radius 3 is 2.68 bits per heavy atom. The number of aryl methyl sites for hydroxylation is 1. The van der Waals surface area contributed by atoms with Gasteiger partial charge in [0.1, 0.15) is 0 Å². The Bertz CT molecular complexity index is 551. The van der Waals surface area contributed by atoms with Gasteiger partial charge in [0.25, 0.3) is 0 Å². The summed E-state index contributed by atoms with van der Waals surface area (Å²) in [6.07, 6.45) is 0. The number of fused-ring (bicyclic) bond motifs is 1. The van der Waals surface area contributed by atoms with Gasteiger partial charge in [0, 0.05) is 18.2 Å². The third-order valence-electron chi connectivity index (χ3n) is 3.35. The number of hydrogen-bond acceptors (Lipinski definition) is 3. The molecule has 0 fully saturated rings. The fourth-order valence-corrected chi connectivity index (χ4v) is 2.14. The van der Waals surface area contributed by atoms with Crippen molar-refractivity contribution in [2.75, 3.05) is 19.0 Å². The first-order chi connectivity index (χ1) is 9.11. The van der Waals surface area contributed by atoms with E-state index >= 15 is 0 Å². The van der Waals surface area contributed by atoms with E-state index in [1.165, 1.54) is 0 Å². The lowest BCUT2D eigenvalue weighted by atomic mass is 10.0. The van der Waals surface area contributed by atoms with E-state index in [0.717, 1.165) is 22.3 Å². The van der Waals surface area contributed by atoms with E-state index in [9.17, 15) is 0 Å². The zero-order valence-corrected chi connectivity index (χ0v) is 12.1. The lowest BCUT2D eigenvalue weighted by molar-refractivity contribution is 0.171. The molecule has 102 valence electrons. The second-order valence-electron chi connectivity index (χ2n) is 5.28. The summed E-state index contributed by atoms with van der Waals surface area (Å²) < 4.78 is 5.29. The van der Waals surface area contributed by atoms with Crippen LogP contribution in [0.25, 0.3) is 10.9 Å². The molecule has 19 heavy (non-hydrogen) atoms. The number of nitrogens with zero attached hydrogens (tertiary/aromatic N) is 1. The Morgan fingerprint density at radius 2 is 2.00 bits per heavy atom. The molecule has 0 aliphatic heterocycles. The molecule has 0 spiro atoms. The summed E-state index contributed by atoms with van der Waals surface area (Å²) in [5, 5.41) is 4.72. The summed E-state index contributed by atoms with van der Waals surface area (Å²) in [6, 6.07) is 10.7. The molecule has 0 saturated heterocycles. The standard InChI is InChI=1S/C16H22N2O/c1-11(2)15(10-19-4)18-14-7-5-6-13-9-8-12(3)17-16(13)14/h5-9,11,15,18H,10H2,1-4H3. The van der Waals surface area contributed by atoms with E-state index in [0.29, 0.717) is 12.5 Å². The summed E-state index contributed by atoms with van der Waals surface area (Å²) in [5.74, 6) is 0.500. The number of rotatable bonds is 5. The molecule has 1 heterocycles. The maximum Gasteiger partial charge on any atom is 0.0936 e. The highest BCUT2D eigenvalue weighted by Crippen LogP contribution is 2.23. The Balaban J connectivity index is 2.36. The molecule has 0 amide bonds. The van der Waals surface area contributed by atoms with Crippen molar-refractivity contribution in [1.82, 2.24) is 4.98 Å². The minimum absolute atomic E-state index is 0.290. The van der Waals surface area contributed by atoms with Gasteiger partial charge in [-0.05, 0) is 25.0 Å². The molecule has 1 atom stereocenters. The minimum Gasteiger partial charge on any atom is -0.383 e. The molecule has 0 bridgehead atoms. The number of aromatic nitrogens is 1. The Hall–Kier alpha value is -1.61. The molecular weight excluding hydrogens is 236 g/mol. The van der Waals surface area contributed by atoms with Gasteiger partial charge in [-0.3, -0.25) is 4.98 Å². The topological polar surface area (TPSA) is 34.1 Å². The molecule has 1 N–H and O–H groups in total. The Morgan fingerprint density at radius 1 is 1.21 bits per heavy atom. The van der Waals surface area contributed by atoms with Gasteiger partial charge in [-0.2, -0.15) is 0 Å². The largest absolute Gasteiger partial charge is 0.383 e. The van der Waals surface area contributed by atoms with Crippen LogP contribution >= 0.6 is 0 Å². The van der Waals surface area contributed by atoms with Crippen molar-refractivity contribution >= 4 is 16.6 Å². The minimum atomic E-state index is 0.290. The van der Waals surface area contributed by atoms with Crippen LogP contribution in [-0.2, 0) is 4.74 Å². The number of anilines is 1. The average Bonchev–Trinajstić information content (AvgIpc) is 2.38. The van der Waals surface area contributed by atoms with E-state index in [4.69, 9.17) is 4.74 Å². The van der Waals surface area contributed by atoms with Gasteiger partial charge in [-0.15, -0.1) is 0 Å². The molecule has 2 rings (SSSR count). The summed E-state index contributed by atoms with van der Waals surface area (Å²) in [6.45, 7) is 7.10. The van der Waals surface area contributed by atoms with Crippen LogP contribution in [0.3, 0.4) is 0 Å². The number of benzene rings is 1. The van der Waals surface area contributed by atoms with Gasteiger partial charge in [0.2, 0.25) is 0 Å². The van der Waals surface area contributed by atoms with Crippen molar-refractivity contribution in [2.45, 2.75) is 26.8 Å². The number of pyridine rings is 1. The van der Waals surface area contributed by atoms with Crippen LogP contribution < -0.4 is 5.32 Å². The van der Waals surface area contributed by atoms with Crippen LogP contribution in [0.4, 0.5) is 5.69 Å². The fraction of sp³-hybridized carbons (Fsp3) is 0.438. The second kappa shape index (κ2) is 6.02. The maximum atomic E-state index is 5.29. The first-order valence-electron chi connectivity index (χ1n) is 6.73. The molecule has 0 aliphatic rings. The normalized spacial score (nSPS) is 12.9. The lowest BCUT2D eigenvalue weighted by Crippen LogP contribution is -2.30. The number of nitrogens with one attached hydrogen (secondary N) is 1. The van der Waals surface area contributed by atoms with Crippen molar-refractivity contribution in [3.8, 4) is 0 Å². The monoisotopic (exact) mass is 258 g/mol. The van der Waals surface area contributed by atoms with Crippen LogP contribution in [0.1, 0.15) is 19.5 Å². The van der Waals surface area contributed by atoms with E-state index in [1.807, 2.05) is 13.0 Å². The Labute approximate surface area is 115 Å². The number of ether oxygens (including phenoxy) is 1. The van der Waals surface area contributed by atoms with Crippen molar-refractivity contribution in [2.24, 2.45) is 5.92 Å². The predicted molar refractivity (Wildman–Crippen MR) is 80.6 cm³/mol. The van der Waals surface area contributed by atoms with E-state index in [1.54, 1.807) is 7.11 Å². The molecule has 3 heteroatoms. The predicted octanol–water partition coefficient (Wildman–Crippen LogP) is 3.63. The van der Waals surface area contributed by atoms with E-state index < -0.39 is 0 Å². The quantitative estimate of drug-likeness (QED) is 0.889. The summed E-state index contributed by atoms with van der Waals surface area (Å²) in [7, 11) is 1.74. The molecular formula is C16H22N2O. The second-order valence-corrected chi connectivity index (χ2v) is 5.28. The molecule has 0 radical (unpaired) electrons. The first-order valence-corrected chi connectivity index (χ1v) is 6.73. The highest BCUT2D eigenvalue weighted by molar-refractivity contribution is 5.90. The van der Waals surface area contributed by atoms with Crippen molar-refractivity contribution < 1.29 is 4.74 Å². The highest BCUT2D eigenvalue weighted by Gasteiger charge is 2.14. The zero-order valence-electron chi connectivity index (χ0n) is 12.1. The summed E-state index contributed by atoms with van der Waals surface area (Å²) in [4.78, 5) is 4.64. The van der Waals surface area contributed by atoms with Gasteiger partial charge in [-0.1, -0.05) is 32.0 Å². The van der Waals surface area contributed by atoms with Crippen LogP contribution in [-0.4, -0.2) is 24.7 Å². The van der Waals surface area contributed by atoms with Gasteiger partial charge in [0.05, 0.1) is 23.9 Å². The molecule has 1 aromatic heterocycles. The third kappa shape index (κ3) is 3.24. The van der Waals surface area contributed by atoms with Crippen molar-refractivity contribution in [3.63, 3.8) is 0 Å². The fourth-order valence-electron chi connectivity index (χ4n) is 2.14. The highest BCUT2D eigenvalue weighted by atomic mass is 16.5. The van der Waals surface area contributed by atoms with Crippen LogP contribution in [0.2, 0.25) is 0 Å². The van der Waals surface area contributed by atoms with E-state index in [2.05, 4.69) is 48.4 Å². The van der Waals surface area contributed by atoms with Crippen LogP contribution in [0.15, 0.2) is 30.3 Å². The SMILES string of the molecule is COCC(Nc1cccc2ccc(C)nc12)C(C)C. The molecule has 1 unspecified atom stereocenters. The lowest BCUT2D eigenvalue weighted by Gasteiger charge is -2.23. The molecule has 3 nitrogen and oxygen atoms in total. The summed E-state index contributed by atoms with van der Waals surface area (Å²) >= 11 is 0. The first kappa shape index (κ1) is 13.8. The summed E-state index contributed by atoms with van der Waals surface area (Å²) in [5.41, 5.74) is 3.15. The van der Waals surface area contributed by atoms with Gasteiger partial charge in [0.15, 0.2) is 0 Å². The average molecular weight is 258 g/mol. The molecule has 2 aromatic rings. The van der Waals surface area contributed by atoms with Gasteiger partial charge >= 0.3 is 0 Å². The number of hydrogen-bond donors (Lipinski definition) is 1. The van der Waals surface area contributed by atoms with E-state index in [-0.39, 0.29) is 6.04 Å². The third-order valence-corrected chi connectivity index (χ3v) is 3.35. The zero-order chi connectivity index (χ0) is 13.8. The maximum absolute atomic E-state index is 5.29. The molecule has 1 aromatic carbocycles. The molecule has 0 saturated carbocycles. The van der Waals surface area contributed by atoms with Crippen LogP contribution in [0.5, 0.6) is 0 Å².